The van der Waals surface area contributed by atoms with Crippen LogP contribution in [0.1, 0.15) is 27.3 Å². The molecule has 7 heteroatoms. The second-order valence-corrected chi connectivity index (χ2v) is 6.59. The molecule has 5 nitrogen and oxygen atoms in total. The van der Waals surface area contributed by atoms with Crippen LogP contribution in [-0.2, 0) is 13.0 Å². The zero-order valence-corrected chi connectivity index (χ0v) is 14.7. The summed E-state index contributed by atoms with van der Waals surface area (Å²) in [5, 5.41) is 12.4. The SMILES string of the molecule is O=C(c1cccc(-n2nnc3c2CCNC3)c1)c1cccc(Cl)c1Cl. The molecule has 0 fully saturated rings. The minimum atomic E-state index is -0.176. The van der Waals surface area contributed by atoms with Gasteiger partial charge in [0.05, 0.1) is 21.4 Å². The second kappa shape index (κ2) is 6.59. The molecular formula is C18H14Cl2N4O. The molecule has 1 aromatic heterocycles. The van der Waals surface area contributed by atoms with Crippen LogP contribution in [0.2, 0.25) is 10.0 Å². The van der Waals surface area contributed by atoms with E-state index in [0.29, 0.717) is 22.7 Å². The van der Waals surface area contributed by atoms with Gasteiger partial charge >= 0.3 is 0 Å². The van der Waals surface area contributed by atoms with E-state index in [9.17, 15) is 4.79 Å². The highest BCUT2D eigenvalue weighted by Gasteiger charge is 2.19. The van der Waals surface area contributed by atoms with Crippen LogP contribution < -0.4 is 5.32 Å². The molecule has 2 aromatic carbocycles. The normalized spacial score (nSPS) is 13.5. The molecule has 0 bridgehead atoms. The molecule has 25 heavy (non-hydrogen) atoms. The number of aromatic nitrogens is 3. The zero-order chi connectivity index (χ0) is 17.4. The van der Waals surface area contributed by atoms with Gasteiger partial charge in [0.2, 0.25) is 0 Å². The fourth-order valence-corrected chi connectivity index (χ4v) is 3.34. The Labute approximate surface area is 154 Å². The Balaban J connectivity index is 1.74. The maximum Gasteiger partial charge on any atom is 0.194 e. The molecule has 0 spiro atoms. The third-order valence-corrected chi connectivity index (χ3v) is 5.04. The first kappa shape index (κ1) is 16.3. The summed E-state index contributed by atoms with van der Waals surface area (Å²) in [6.45, 7) is 1.60. The van der Waals surface area contributed by atoms with Gasteiger partial charge in [0, 0.05) is 30.6 Å². The fraction of sp³-hybridized carbons (Fsp3) is 0.167. The van der Waals surface area contributed by atoms with Gasteiger partial charge in [-0.3, -0.25) is 4.79 Å². The Bertz CT molecular complexity index is 967. The van der Waals surface area contributed by atoms with Crippen molar-refractivity contribution in [1.29, 1.82) is 0 Å². The number of hydrogen-bond acceptors (Lipinski definition) is 4. The Morgan fingerprint density at radius 1 is 1.16 bits per heavy atom. The average Bonchev–Trinajstić information content (AvgIpc) is 3.08. The number of carbonyl (C=O) groups is 1. The van der Waals surface area contributed by atoms with Crippen molar-refractivity contribution in [2.45, 2.75) is 13.0 Å². The number of rotatable bonds is 3. The molecule has 3 aromatic rings. The van der Waals surface area contributed by atoms with Crippen molar-refractivity contribution in [3.63, 3.8) is 0 Å². The van der Waals surface area contributed by atoms with Crippen molar-refractivity contribution in [2.24, 2.45) is 0 Å². The smallest absolute Gasteiger partial charge is 0.194 e. The lowest BCUT2D eigenvalue weighted by Gasteiger charge is -2.14. The van der Waals surface area contributed by atoms with Crippen LogP contribution in [-0.4, -0.2) is 27.3 Å². The third-order valence-electron chi connectivity index (χ3n) is 4.22. The molecule has 4 rings (SSSR count). The topological polar surface area (TPSA) is 59.8 Å². The molecule has 1 aliphatic heterocycles. The lowest BCUT2D eigenvalue weighted by Crippen LogP contribution is -2.24. The highest BCUT2D eigenvalue weighted by atomic mass is 35.5. The molecule has 126 valence electrons. The molecule has 0 atom stereocenters. The van der Waals surface area contributed by atoms with Crippen LogP contribution in [0.4, 0.5) is 0 Å². The molecule has 0 aliphatic carbocycles. The minimum Gasteiger partial charge on any atom is -0.311 e. The number of carbonyl (C=O) groups excluding carboxylic acids is 1. The van der Waals surface area contributed by atoms with Crippen LogP contribution in [0.5, 0.6) is 0 Å². The third kappa shape index (κ3) is 2.95. The van der Waals surface area contributed by atoms with E-state index in [0.717, 1.165) is 30.0 Å². The van der Waals surface area contributed by atoms with E-state index in [1.807, 2.05) is 12.1 Å². The van der Waals surface area contributed by atoms with E-state index in [1.54, 1.807) is 35.0 Å². The van der Waals surface area contributed by atoms with Crippen molar-refractivity contribution in [1.82, 2.24) is 20.3 Å². The van der Waals surface area contributed by atoms with Gasteiger partial charge in [0.15, 0.2) is 5.78 Å². The number of fused-ring (bicyclic) bond motifs is 1. The lowest BCUT2D eigenvalue weighted by molar-refractivity contribution is 0.103. The van der Waals surface area contributed by atoms with Crippen LogP contribution in [0.25, 0.3) is 5.69 Å². The van der Waals surface area contributed by atoms with Gasteiger partial charge in [-0.15, -0.1) is 5.10 Å². The number of ketones is 1. The van der Waals surface area contributed by atoms with Gasteiger partial charge in [-0.2, -0.15) is 0 Å². The lowest BCUT2D eigenvalue weighted by atomic mass is 10.0. The summed E-state index contributed by atoms with van der Waals surface area (Å²) in [6, 6.07) is 12.3. The van der Waals surface area contributed by atoms with Gasteiger partial charge < -0.3 is 5.32 Å². The van der Waals surface area contributed by atoms with Crippen molar-refractivity contribution >= 4 is 29.0 Å². The maximum absolute atomic E-state index is 12.8. The van der Waals surface area contributed by atoms with Crippen molar-refractivity contribution < 1.29 is 4.79 Å². The van der Waals surface area contributed by atoms with E-state index in [2.05, 4.69) is 15.6 Å². The van der Waals surface area contributed by atoms with Crippen molar-refractivity contribution in [2.75, 3.05) is 6.54 Å². The van der Waals surface area contributed by atoms with Crippen LogP contribution in [0, 0.1) is 0 Å². The Morgan fingerprint density at radius 3 is 2.88 bits per heavy atom. The number of benzene rings is 2. The summed E-state index contributed by atoms with van der Waals surface area (Å²) < 4.78 is 1.80. The van der Waals surface area contributed by atoms with Gasteiger partial charge in [-0.05, 0) is 24.3 Å². The van der Waals surface area contributed by atoms with Gasteiger partial charge in [0.1, 0.15) is 5.69 Å². The van der Waals surface area contributed by atoms with Crippen LogP contribution in [0.15, 0.2) is 42.5 Å². The van der Waals surface area contributed by atoms with Crippen molar-refractivity contribution in [3.8, 4) is 5.69 Å². The molecule has 2 heterocycles. The van der Waals surface area contributed by atoms with Gasteiger partial charge in [-0.25, -0.2) is 4.68 Å². The molecule has 0 saturated carbocycles. The first-order valence-electron chi connectivity index (χ1n) is 7.88. The summed E-state index contributed by atoms with van der Waals surface area (Å²) in [6.07, 6.45) is 0.848. The van der Waals surface area contributed by atoms with Crippen molar-refractivity contribution in [3.05, 3.63) is 75.0 Å². The van der Waals surface area contributed by atoms with Crippen LogP contribution >= 0.6 is 23.2 Å². The van der Waals surface area contributed by atoms with E-state index in [1.165, 1.54) is 0 Å². The van der Waals surface area contributed by atoms with E-state index < -0.39 is 0 Å². The van der Waals surface area contributed by atoms with E-state index >= 15 is 0 Å². The largest absolute Gasteiger partial charge is 0.311 e. The van der Waals surface area contributed by atoms with Gasteiger partial charge in [-0.1, -0.05) is 46.6 Å². The standard InChI is InChI=1S/C18H14Cl2N4O/c19-14-6-2-5-13(17(14)20)18(25)11-3-1-4-12(9-11)24-16-7-8-21-10-15(16)22-23-24/h1-6,9,21H,7-8,10H2. The first-order chi connectivity index (χ1) is 12.1. The number of hydrogen-bond donors (Lipinski definition) is 1. The quantitative estimate of drug-likeness (QED) is 0.715. The molecular weight excluding hydrogens is 359 g/mol. The van der Waals surface area contributed by atoms with Crippen LogP contribution in [0.3, 0.4) is 0 Å². The molecule has 0 radical (unpaired) electrons. The summed E-state index contributed by atoms with van der Waals surface area (Å²) in [5.74, 6) is -0.176. The molecule has 1 aliphatic rings. The second-order valence-electron chi connectivity index (χ2n) is 5.80. The summed E-state index contributed by atoms with van der Waals surface area (Å²) in [5.41, 5.74) is 3.74. The zero-order valence-electron chi connectivity index (χ0n) is 13.2. The predicted molar refractivity (Wildman–Crippen MR) is 96.7 cm³/mol. The minimum absolute atomic E-state index is 0.176. The summed E-state index contributed by atoms with van der Waals surface area (Å²) in [4.78, 5) is 12.8. The molecule has 0 saturated heterocycles. The first-order valence-corrected chi connectivity index (χ1v) is 8.64. The Kier molecular flexibility index (Phi) is 4.29. The van der Waals surface area contributed by atoms with E-state index in [-0.39, 0.29) is 10.8 Å². The number of halogens is 2. The van der Waals surface area contributed by atoms with Gasteiger partial charge in [0.25, 0.3) is 0 Å². The van der Waals surface area contributed by atoms with E-state index in [4.69, 9.17) is 23.2 Å². The monoisotopic (exact) mass is 372 g/mol. The fourth-order valence-electron chi connectivity index (χ4n) is 2.95. The molecule has 0 unspecified atom stereocenters. The summed E-state index contributed by atoms with van der Waals surface area (Å²) >= 11 is 12.2. The number of nitrogens with zero attached hydrogens (tertiary/aromatic N) is 3. The average molecular weight is 373 g/mol. The number of nitrogens with one attached hydrogen (secondary N) is 1. The Morgan fingerprint density at radius 2 is 2.00 bits per heavy atom. The Hall–Kier alpha value is -2.21. The predicted octanol–water partition coefficient (Wildman–Crippen LogP) is 3.45. The summed E-state index contributed by atoms with van der Waals surface area (Å²) in [7, 11) is 0. The molecule has 0 amide bonds. The maximum atomic E-state index is 12.8. The highest BCUT2D eigenvalue weighted by molar-refractivity contribution is 6.44. The highest BCUT2D eigenvalue weighted by Crippen LogP contribution is 2.28. The molecule has 1 N–H and O–H groups in total.